The van der Waals surface area contributed by atoms with Gasteiger partial charge in [-0.05, 0) is 42.9 Å². The summed E-state index contributed by atoms with van der Waals surface area (Å²) in [7, 11) is 1.91. The molecule has 0 aliphatic carbocycles. The second kappa shape index (κ2) is 5.70. The van der Waals surface area contributed by atoms with E-state index in [0.717, 1.165) is 9.35 Å². The predicted molar refractivity (Wildman–Crippen MR) is 77.9 cm³/mol. The van der Waals surface area contributed by atoms with Crippen LogP contribution < -0.4 is 0 Å². The zero-order valence-electron chi connectivity index (χ0n) is 11.1. The smallest absolute Gasteiger partial charge is 0.241 e. The lowest BCUT2D eigenvalue weighted by atomic mass is 10.1. The number of halogens is 1. The van der Waals surface area contributed by atoms with Crippen molar-refractivity contribution < 1.29 is 9.63 Å². The Morgan fingerprint density at radius 3 is 2.84 bits per heavy atom. The van der Waals surface area contributed by atoms with Crippen LogP contribution in [0.4, 0.5) is 0 Å². The van der Waals surface area contributed by atoms with Gasteiger partial charge < -0.3 is 9.63 Å². The van der Waals surface area contributed by atoms with Crippen LogP contribution in [0.15, 0.2) is 20.4 Å². The monoisotopic (exact) mass is 345 g/mol. The molecule has 0 unspecified atom stereocenters. The van der Waals surface area contributed by atoms with Crippen LogP contribution in [0.5, 0.6) is 0 Å². The van der Waals surface area contributed by atoms with Gasteiger partial charge in [0.05, 0.1) is 17.0 Å². The maximum absolute atomic E-state index is 9.74. The molecule has 0 aliphatic rings. The Hall–Kier alpha value is -0.760. The van der Waals surface area contributed by atoms with Crippen molar-refractivity contribution >= 4 is 27.3 Å². The average Bonchev–Trinajstić information content (AvgIpc) is 2.83. The summed E-state index contributed by atoms with van der Waals surface area (Å²) < 4.78 is 6.23. The van der Waals surface area contributed by atoms with Crippen LogP contribution in [0.3, 0.4) is 0 Å². The second-order valence-electron chi connectivity index (χ2n) is 5.13. The first-order valence-corrected chi connectivity index (χ1v) is 7.49. The van der Waals surface area contributed by atoms with Crippen LogP contribution in [0.1, 0.15) is 19.7 Å². The first-order valence-electron chi connectivity index (χ1n) is 5.81. The molecule has 7 heteroatoms. The fraction of sp³-hybridized carbons (Fsp3) is 0.500. The molecule has 0 amide bonds. The van der Waals surface area contributed by atoms with Gasteiger partial charge in [0, 0.05) is 16.4 Å². The van der Waals surface area contributed by atoms with Crippen LogP contribution in [0.2, 0.25) is 0 Å². The summed E-state index contributed by atoms with van der Waals surface area (Å²) in [5.41, 5.74) is -0.740. The Morgan fingerprint density at radius 2 is 2.26 bits per heavy atom. The van der Waals surface area contributed by atoms with Crippen molar-refractivity contribution in [3.63, 3.8) is 0 Å². The van der Waals surface area contributed by atoms with Gasteiger partial charge in [0.25, 0.3) is 0 Å². The SMILES string of the molecule is CN(Cc1nc(-c2cc(Br)cs2)no1)CC(C)(C)O. The molecule has 0 aliphatic heterocycles. The van der Waals surface area contributed by atoms with E-state index in [1.807, 2.05) is 23.4 Å². The van der Waals surface area contributed by atoms with E-state index in [1.54, 1.807) is 25.2 Å². The molecule has 0 saturated heterocycles. The maximum atomic E-state index is 9.74. The van der Waals surface area contributed by atoms with E-state index >= 15 is 0 Å². The molecule has 2 aromatic heterocycles. The van der Waals surface area contributed by atoms with Crippen LogP contribution in [0, 0.1) is 0 Å². The first kappa shape index (κ1) is 14.6. The van der Waals surface area contributed by atoms with Crippen molar-refractivity contribution in [2.45, 2.75) is 26.0 Å². The van der Waals surface area contributed by atoms with E-state index in [2.05, 4.69) is 26.1 Å². The van der Waals surface area contributed by atoms with E-state index in [1.165, 1.54) is 0 Å². The number of aliphatic hydroxyl groups is 1. The zero-order chi connectivity index (χ0) is 14.0. The Kier molecular flexibility index (Phi) is 4.39. The van der Waals surface area contributed by atoms with Crippen LogP contribution in [0.25, 0.3) is 10.7 Å². The molecule has 2 aromatic rings. The van der Waals surface area contributed by atoms with Crippen molar-refractivity contribution in [2.24, 2.45) is 0 Å². The lowest BCUT2D eigenvalue weighted by Gasteiger charge is -2.23. The van der Waals surface area contributed by atoms with Gasteiger partial charge in [-0.25, -0.2) is 0 Å². The molecule has 0 atom stereocenters. The van der Waals surface area contributed by atoms with Crippen LogP contribution >= 0.6 is 27.3 Å². The van der Waals surface area contributed by atoms with Gasteiger partial charge in [-0.1, -0.05) is 5.16 Å². The topological polar surface area (TPSA) is 62.4 Å². The molecule has 1 N–H and O–H groups in total. The molecular weight excluding hydrogens is 330 g/mol. The second-order valence-corrected chi connectivity index (χ2v) is 6.95. The highest BCUT2D eigenvalue weighted by molar-refractivity contribution is 9.10. The summed E-state index contributed by atoms with van der Waals surface area (Å²) >= 11 is 4.96. The summed E-state index contributed by atoms with van der Waals surface area (Å²) in [5, 5.41) is 15.7. The number of hydrogen-bond donors (Lipinski definition) is 1. The average molecular weight is 346 g/mol. The third-order valence-electron chi connectivity index (χ3n) is 2.32. The van der Waals surface area contributed by atoms with E-state index < -0.39 is 5.60 Å². The third kappa shape index (κ3) is 4.38. The number of nitrogens with zero attached hydrogens (tertiary/aromatic N) is 3. The lowest BCUT2D eigenvalue weighted by molar-refractivity contribution is 0.0397. The summed E-state index contributed by atoms with van der Waals surface area (Å²) in [5.74, 6) is 1.15. The predicted octanol–water partition coefficient (Wildman–Crippen LogP) is 2.76. The molecule has 5 nitrogen and oxygen atoms in total. The molecule has 2 heterocycles. The number of aromatic nitrogens is 2. The van der Waals surface area contributed by atoms with Crippen molar-refractivity contribution in [1.29, 1.82) is 0 Å². The Bertz CT molecular complexity index is 547. The molecule has 0 radical (unpaired) electrons. The number of likely N-dealkylation sites (N-methyl/N-ethyl adjacent to an activating group) is 1. The van der Waals surface area contributed by atoms with Crippen molar-refractivity contribution in [3.8, 4) is 10.7 Å². The van der Waals surface area contributed by atoms with Gasteiger partial charge in [-0.15, -0.1) is 11.3 Å². The molecule has 0 aromatic carbocycles. The highest BCUT2D eigenvalue weighted by Crippen LogP contribution is 2.27. The van der Waals surface area contributed by atoms with Crippen molar-refractivity contribution in [3.05, 3.63) is 21.8 Å². The zero-order valence-corrected chi connectivity index (χ0v) is 13.5. The summed E-state index contributed by atoms with van der Waals surface area (Å²) in [4.78, 5) is 7.26. The van der Waals surface area contributed by atoms with E-state index in [9.17, 15) is 5.11 Å². The Morgan fingerprint density at radius 1 is 1.53 bits per heavy atom. The number of hydrogen-bond acceptors (Lipinski definition) is 6. The van der Waals surface area contributed by atoms with Gasteiger partial charge in [-0.2, -0.15) is 4.98 Å². The van der Waals surface area contributed by atoms with Gasteiger partial charge in [0.1, 0.15) is 0 Å². The Balaban J connectivity index is 2.01. The van der Waals surface area contributed by atoms with Crippen molar-refractivity contribution in [2.75, 3.05) is 13.6 Å². The third-order valence-corrected chi connectivity index (χ3v) is 4.01. The minimum absolute atomic E-state index is 0.517. The lowest BCUT2D eigenvalue weighted by Crippen LogP contribution is -2.35. The van der Waals surface area contributed by atoms with E-state index in [-0.39, 0.29) is 0 Å². The minimum Gasteiger partial charge on any atom is -0.389 e. The number of rotatable bonds is 5. The summed E-state index contributed by atoms with van der Waals surface area (Å²) in [6.07, 6.45) is 0. The molecule has 0 bridgehead atoms. The number of thiophene rings is 1. The van der Waals surface area contributed by atoms with Gasteiger partial charge in [0.15, 0.2) is 0 Å². The fourth-order valence-electron chi connectivity index (χ4n) is 1.80. The normalized spacial score (nSPS) is 12.3. The van der Waals surface area contributed by atoms with Crippen molar-refractivity contribution in [1.82, 2.24) is 15.0 Å². The van der Waals surface area contributed by atoms with E-state index in [0.29, 0.717) is 24.8 Å². The molecule has 0 fully saturated rings. The summed E-state index contributed by atoms with van der Waals surface area (Å²) in [6.45, 7) is 4.59. The minimum atomic E-state index is -0.740. The maximum Gasteiger partial charge on any atom is 0.241 e. The highest BCUT2D eigenvalue weighted by Gasteiger charge is 2.18. The molecule has 2 rings (SSSR count). The molecule has 0 spiro atoms. The quantitative estimate of drug-likeness (QED) is 0.902. The Labute approximate surface area is 124 Å². The van der Waals surface area contributed by atoms with Gasteiger partial charge in [-0.3, -0.25) is 4.90 Å². The standard InChI is InChI=1S/C12H16BrN3O2S/c1-12(2,17)7-16(3)5-10-14-11(15-18-10)9-4-8(13)6-19-9/h4,6,17H,5,7H2,1-3H3. The fourth-order valence-corrected chi connectivity index (χ4v) is 3.15. The van der Waals surface area contributed by atoms with Crippen LogP contribution in [-0.2, 0) is 6.54 Å². The highest BCUT2D eigenvalue weighted by atomic mass is 79.9. The first-order chi connectivity index (χ1) is 8.83. The molecular formula is C12H16BrN3O2S. The molecule has 19 heavy (non-hydrogen) atoms. The largest absolute Gasteiger partial charge is 0.389 e. The van der Waals surface area contributed by atoms with Gasteiger partial charge in [0.2, 0.25) is 11.7 Å². The van der Waals surface area contributed by atoms with Gasteiger partial charge >= 0.3 is 0 Å². The van der Waals surface area contributed by atoms with Crippen LogP contribution in [-0.4, -0.2) is 39.3 Å². The van der Waals surface area contributed by atoms with E-state index in [4.69, 9.17) is 4.52 Å². The molecule has 0 saturated carbocycles. The summed E-state index contributed by atoms with van der Waals surface area (Å²) in [6, 6.07) is 1.96. The molecule has 104 valence electrons.